The van der Waals surface area contributed by atoms with Crippen molar-refractivity contribution in [2.24, 2.45) is 7.05 Å². The number of nitrogens with one attached hydrogen (secondary N) is 1. The summed E-state index contributed by atoms with van der Waals surface area (Å²) in [5, 5.41) is 2.15. The third-order valence-electron chi connectivity index (χ3n) is 3.05. The predicted molar refractivity (Wildman–Crippen MR) is 84.1 cm³/mol. The van der Waals surface area contributed by atoms with Gasteiger partial charge in [-0.15, -0.1) is 0 Å². The molecular formula is C15H17N5O4. The number of amides is 2. The van der Waals surface area contributed by atoms with Gasteiger partial charge in [-0.2, -0.15) is 0 Å². The Morgan fingerprint density at radius 1 is 1.25 bits per heavy atom. The fourth-order valence-corrected chi connectivity index (χ4v) is 1.87. The smallest absolute Gasteiger partial charge is 0.326 e. The number of hydrogen-bond donors (Lipinski definition) is 1. The first-order valence-corrected chi connectivity index (χ1v) is 7.06. The van der Waals surface area contributed by atoms with Gasteiger partial charge in [-0.3, -0.25) is 19.7 Å². The highest BCUT2D eigenvalue weighted by Crippen LogP contribution is 2.02. The molecule has 2 heterocycles. The molecule has 24 heavy (non-hydrogen) atoms. The average molecular weight is 331 g/mol. The lowest BCUT2D eigenvalue weighted by atomic mass is 10.4. The van der Waals surface area contributed by atoms with Crippen molar-refractivity contribution < 1.29 is 19.1 Å². The van der Waals surface area contributed by atoms with Gasteiger partial charge >= 0.3 is 5.97 Å². The van der Waals surface area contributed by atoms with Crippen LogP contribution in [-0.2, 0) is 21.4 Å². The molecule has 0 fully saturated rings. The van der Waals surface area contributed by atoms with Gasteiger partial charge in [-0.25, -0.2) is 9.97 Å². The van der Waals surface area contributed by atoms with Gasteiger partial charge in [0.25, 0.3) is 11.8 Å². The third-order valence-corrected chi connectivity index (χ3v) is 3.05. The molecule has 0 aliphatic carbocycles. The maximum atomic E-state index is 11.8. The quantitative estimate of drug-likeness (QED) is 0.728. The molecule has 0 saturated heterocycles. The van der Waals surface area contributed by atoms with Crippen molar-refractivity contribution in [2.75, 3.05) is 25.1 Å². The monoisotopic (exact) mass is 331 g/mol. The summed E-state index contributed by atoms with van der Waals surface area (Å²) in [6.07, 6.45) is 4.78. The number of nitrogens with zero attached hydrogens (tertiary/aromatic N) is 4. The molecule has 0 unspecified atom stereocenters. The fraction of sp³-hybridized carbons (Fsp3) is 0.267. The Bertz CT molecular complexity index is 728. The van der Waals surface area contributed by atoms with Gasteiger partial charge in [0.05, 0.1) is 0 Å². The van der Waals surface area contributed by atoms with Crippen LogP contribution in [0, 0.1) is 0 Å². The highest BCUT2D eigenvalue weighted by atomic mass is 16.5. The molecule has 0 atom stereocenters. The Kier molecular flexibility index (Phi) is 5.61. The molecule has 0 aliphatic rings. The summed E-state index contributed by atoms with van der Waals surface area (Å²) >= 11 is 0. The van der Waals surface area contributed by atoms with E-state index in [-0.39, 0.29) is 6.54 Å². The Hall–Kier alpha value is -3.23. The average Bonchev–Trinajstić information content (AvgIpc) is 3.00. The lowest BCUT2D eigenvalue weighted by molar-refractivity contribution is -0.146. The summed E-state index contributed by atoms with van der Waals surface area (Å²) in [5.41, 5.74) is 0.329. The van der Waals surface area contributed by atoms with Crippen molar-refractivity contribution in [2.45, 2.75) is 0 Å². The van der Waals surface area contributed by atoms with Gasteiger partial charge in [0.1, 0.15) is 12.2 Å². The van der Waals surface area contributed by atoms with Crippen LogP contribution in [0.3, 0.4) is 0 Å². The van der Waals surface area contributed by atoms with E-state index >= 15 is 0 Å². The number of carbonyl (C=O) groups excluding carboxylic acids is 3. The molecule has 126 valence electrons. The summed E-state index contributed by atoms with van der Waals surface area (Å²) in [6, 6.07) is 4.91. The first-order chi connectivity index (χ1) is 11.5. The number of likely N-dealkylation sites (N-methyl/N-ethyl adjacent to an activating group) is 1. The zero-order valence-corrected chi connectivity index (χ0v) is 13.3. The minimum Gasteiger partial charge on any atom is -0.454 e. The van der Waals surface area contributed by atoms with Gasteiger partial charge in [0.2, 0.25) is 5.95 Å². The molecule has 0 radical (unpaired) electrons. The van der Waals surface area contributed by atoms with Crippen LogP contribution in [0.4, 0.5) is 5.95 Å². The van der Waals surface area contributed by atoms with Crippen molar-refractivity contribution >= 4 is 23.7 Å². The zero-order chi connectivity index (χ0) is 17.5. The van der Waals surface area contributed by atoms with Crippen molar-refractivity contribution in [3.05, 3.63) is 42.5 Å². The van der Waals surface area contributed by atoms with Crippen molar-refractivity contribution in [3.63, 3.8) is 0 Å². The van der Waals surface area contributed by atoms with Crippen LogP contribution < -0.4 is 10.2 Å². The van der Waals surface area contributed by atoms with Crippen molar-refractivity contribution in [3.8, 4) is 0 Å². The molecule has 0 saturated carbocycles. The number of rotatable bonds is 6. The summed E-state index contributed by atoms with van der Waals surface area (Å²) in [4.78, 5) is 44.7. The van der Waals surface area contributed by atoms with Crippen LogP contribution in [0.15, 0.2) is 36.8 Å². The van der Waals surface area contributed by atoms with Crippen LogP contribution in [0.1, 0.15) is 10.5 Å². The van der Waals surface area contributed by atoms with E-state index < -0.39 is 24.4 Å². The summed E-state index contributed by atoms with van der Waals surface area (Å²) in [5.74, 6) is -1.53. The van der Waals surface area contributed by atoms with E-state index in [1.54, 1.807) is 55.5 Å². The van der Waals surface area contributed by atoms with Gasteiger partial charge in [0.15, 0.2) is 6.61 Å². The maximum absolute atomic E-state index is 11.8. The number of hydrogen-bond acceptors (Lipinski definition) is 7. The molecule has 9 nitrogen and oxygen atoms in total. The van der Waals surface area contributed by atoms with Gasteiger partial charge in [0, 0.05) is 32.7 Å². The first kappa shape index (κ1) is 17.1. The summed E-state index contributed by atoms with van der Waals surface area (Å²) < 4.78 is 6.41. The third kappa shape index (κ3) is 4.63. The minimum absolute atomic E-state index is 0.122. The molecule has 2 aromatic rings. The van der Waals surface area contributed by atoms with Crippen molar-refractivity contribution in [1.82, 2.24) is 19.9 Å². The number of imide groups is 1. The molecule has 2 amide bonds. The lowest BCUT2D eigenvalue weighted by Crippen LogP contribution is -2.36. The second-order valence-electron chi connectivity index (χ2n) is 4.95. The van der Waals surface area contributed by atoms with E-state index in [2.05, 4.69) is 15.3 Å². The molecular weight excluding hydrogens is 314 g/mol. The Morgan fingerprint density at radius 2 is 1.96 bits per heavy atom. The number of anilines is 1. The molecule has 0 spiro atoms. The van der Waals surface area contributed by atoms with Gasteiger partial charge in [-0.05, 0) is 18.2 Å². The number of esters is 1. The Labute approximate surface area is 138 Å². The van der Waals surface area contributed by atoms with E-state index in [0.717, 1.165) is 0 Å². The Morgan fingerprint density at radius 3 is 2.58 bits per heavy atom. The molecule has 0 aliphatic heterocycles. The highest BCUT2D eigenvalue weighted by molar-refractivity contribution is 6.04. The molecule has 2 rings (SSSR count). The largest absolute Gasteiger partial charge is 0.454 e. The molecule has 1 N–H and O–H groups in total. The van der Waals surface area contributed by atoms with E-state index in [1.165, 1.54) is 4.90 Å². The second-order valence-corrected chi connectivity index (χ2v) is 4.95. The van der Waals surface area contributed by atoms with Gasteiger partial charge in [-0.1, -0.05) is 0 Å². The second kappa shape index (κ2) is 7.86. The van der Waals surface area contributed by atoms with Crippen LogP contribution in [-0.4, -0.2) is 52.5 Å². The number of aromatic nitrogens is 3. The Balaban J connectivity index is 1.76. The van der Waals surface area contributed by atoms with E-state index in [9.17, 15) is 14.4 Å². The fourth-order valence-electron chi connectivity index (χ4n) is 1.87. The van der Waals surface area contributed by atoms with Crippen LogP contribution in [0.25, 0.3) is 0 Å². The van der Waals surface area contributed by atoms with E-state index in [4.69, 9.17) is 4.74 Å². The van der Waals surface area contributed by atoms with Gasteiger partial charge < -0.3 is 14.2 Å². The SMILES string of the molecule is CN(CC(=O)OCC(=O)NC(=O)c1cccn1C)c1ncccn1. The van der Waals surface area contributed by atoms with Crippen LogP contribution >= 0.6 is 0 Å². The molecule has 2 aromatic heterocycles. The molecule has 0 aromatic carbocycles. The van der Waals surface area contributed by atoms with Crippen molar-refractivity contribution in [1.29, 1.82) is 0 Å². The zero-order valence-electron chi connectivity index (χ0n) is 13.3. The van der Waals surface area contributed by atoms with Crippen LogP contribution in [0.5, 0.6) is 0 Å². The summed E-state index contributed by atoms with van der Waals surface area (Å²) in [7, 11) is 3.30. The number of carbonyl (C=O) groups is 3. The van der Waals surface area contributed by atoms with E-state index in [0.29, 0.717) is 11.6 Å². The minimum atomic E-state index is -0.701. The lowest BCUT2D eigenvalue weighted by Gasteiger charge is -2.15. The summed E-state index contributed by atoms with van der Waals surface area (Å²) in [6.45, 7) is -0.665. The predicted octanol–water partition coefficient (Wildman–Crippen LogP) is -0.249. The first-order valence-electron chi connectivity index (χ1n) is 7.06. The van der Waals surface area contributed by atoms with Crippen LogP contribution in [0.2, 0.25) is 0 Å². The van der Waals surface area contributed by atoms with E-state index in [1.807, 2.05) is 0 Å². The molecule has 9 heteroatoms. The number of ether oxygens (including phenoxy) is 1. The normalized spacial score (nSPS) is 10.1. The maximum Gasteiger partial charge on any atom is 0.326 e. The highest BCUT2D eigenvalue weighted by Gasteiger charge is 2.15. The number of aryl methyl sites for hydroxylation is 1. The standard InChI is InChI=1S/C15H17N5O4/c1-19-8-3-5-11(19)14(23)18-12(21)10-24-13(22)9-20(2)15-16-6-4-7-17-15/h3-8H,9-10H2,1-2H3,(H,18,21,23). The molecule has 0 bridgehead atoms. The topological polar surface area (TPSA) is 106 Å².